The van der Waals surface area contributed by atoms with E-state index < -0.39 is 0 Å². The molecular weight excluding hydrogens is 244 g/mol. The summed E-state index contributed by atoms with van der Waals surface area (Å²) in [7, 11) is 0. The first-order valence-corrected chi connectivity index (χ1v) is 6.47. The zero-order valence-corrected chi connectivity index (χ0v) is 11.0. The van der Waals surface area contributed by atoms with Gasteiger partial charge in [-0.15, -0.1) is 0 Å². The van der Waals surface area contributed by atoms with Crippen molar-refractivity contribution < 1.29 is 0 Å². The van der Waals surface area contributed by atoms with Gasteiger partial charge in [0.1, 0.15) is 0 Å². The molecule has 1 heterocycles. The lowest BCUT2D eigenvalue weighted by Crippen LogP contribution is -1.90. The number of hydrogen-bond donors (Lipinski definition) is 0. The number of para-hydroxylation sites is 2. The fourth-order valence-electron chi connectivity index (χ4n) is 1.96. The standard InChI is InChI=1S/C18H14N2/c1-14(11-12-15-7-3-2-4-8-15)18-13-19-16-9-5-6-10-17(16)20-18/h2-13H,1H2/b12-11+. The zero-order valence-electron chi connectivity index (χ0n) is 11.0. The fraction of sp³-hybridized carbons (Fsp3) is 0. The lowest BCUT2D eigenvalue weighted by atomic mass is 10.1. The minimum Gasteiger partial charge on any atom is -0.252 e. The molecule has 2 nitrogen and oxygen atoms in total. The van der Waals surface area contributed by atoms with Crippen LogP contribution in [0.4, 0.5) is 0 Å². The lowest BCUT2D eigenvalue weighted by molar-refractivity contribution is 1.26. The van der Waals surface area contributed by atoms with Crippen LogP contribution in [0.25, 0.3) is 22.7 Å². The predicted molar refractivity (Wildman–Crippen MR) is 84.0 cm³/mol. The summed E-state index contributed by atoms with van der Waals surface area (Å²) >= 11 is 0. The van der Waals surface area contributed by atoms with Crippen LogP contribution in [0.3, 0.4) is 0 Å². The Hall–Kier alpha value is -2.74. The van der Waals surface area contributed by atoms with E-state index in [1.807, 2.05) is 54.6 Å². The maximum absolute atomic E-state index is 4.57. The summed E-state index contributed by atoms with van der Waals surface area (Å²) in [5.41, 5.74) is 4.58. The molecule has 0 fully saturated rings. The molecule has 0 radical (unpaired) electrons. The maximum atomic E-state index is 4.57. The molecule has 2 heteroatoms. The van der Waals surface area contributed by atoms with Gasteiger partial charge in [-0.25, -0.2) is 4.98 Å². The lowest BCUT2D eigenvalue weighted by Gasteiger charge is -2.01. The Morgan fingerprint density at radius 2 is 1.60 bits per heavy atom. The van der Waals surface area contributed by atoms with Gasteiger partial charge in [0, 0.05) is 0 Å². The first kappa shape index (κ1) is 12.3. The smallest absolute Gasteiger partial charge is 0.0894 e. The molecule has 0 aliphatic heterocycles. The van der Waals surface area contributed by atoms with Gasteiger partial charge in [0.2, 0.25) is 0 Å². The Kier molecular flexibility index (Phi) is 3.38. The largest absolute Gasteiger partial charge is 0.252 e. The van der Waals surface area contributed by atoms with Crippen molar-refractivity contribution in [3.8, 4) is 0 Å². The molecule has 0 spiro atoms. The van der Waals surface area contributed by atoms with Crippen LogP contribution in [0.5, 0.6) is 0 Å². The van der Waals surface area contributed by atoms with E-state index in [0.29, 0.717) is 0 Å². The molecule has 1 aromatic heterocycles. The second kappa shape index (κ2) is 5.49. The molecule has 3 rings (SSSR count). The van der Waals surface area contributed by atoms with E-state index in [9.17, 15) is 0 Å². The van der Waals surface area contributed by atoms with Crippen molar-refractivity contribution in [3.05, 3.63) is 84.7 Å². The summed E-state index contributed by atoms with van der Waals surface area (Å²) in [4.78, 5) is 8.97. The van der Waals surface area contributed by atoms with Crippen LogP contribution in [0.2, 0.25) is 0 Å². The first-order chi connectivity index (χ1) is 9.83. The van der Waals surface area contributed by atoms with Crippen molar-refractivity contribution in [1.29, 1.82) is 0 Å². The highest BCUT2D eigenvalue weighted by molar-refractivity contribution is 5.80. The minimum absolute atomic E-state index is 0.802. The highest BCUT2D eigenvalue weighted by Gasteiger charge is 2.00. The van der Waals surface area contributed by atoms with Crippen LogP contribution in [0.15, 0.2) is 73.4 Å². The molecule has 20 heavy (non-hydrogen) atoms. The van der Waals surface area contributed by atoms with Gasteiger partial charge in [-0.2, -0.15) is 0 Å². The quantitative estimate of drug-likeness (QED) is 0.652. The van der Waals surface area contributed by atoms with Crippen molar-refractivity contribution in [2.24, 2.45) is 0 Å². The second-order valence-electron chi connectivity index (χ2n) is 4.51. The van der Waals surface area contributed by atoms with Gasteiger partial charge >= 0.3 is 0 Å². The number of benzene rings is 2. The number of rotatable bonds is 3. The molecule has 96 valence electrons. The van der Waals surface area contributed by atoms with E-state index in [0.717, 1.165) is 27.9 Å². The number of fused-ring (bicyclic) bond motifs is 1. The Balaban J connectivity index is 1.87. The average Bonchev–Trinajstić information content (AvgIpc) is 2.53. The van der Waals surface area contributed by atoms with E-state index in [2.05, 4.69) is 28.7 Å². The Labute approximate surface area is 118 Å². The Bertz CT molecular complexity index is 774. The van der Waals surface area contributed by atoms with E-state index in [1.165, 1.54) is 0 Å². The van der Waals surface area contributed by atoms with E-state index in [-0.39, 0.29) is 0 Å². The number of allylic oxidation sites excluding steroid dienone is 2. The number of aromatic nitrogens is 2. The van der Waals surface area contributed by atoms with Crippen LogP contribution in [-0.4, -0.2) is 9.97 Å². The van der Waals surface area contributed by atoms with E-state index in [1.54, 1.807) is 6.20 Å². The van der Waals surface area contributed by atoms with Gasteiger partial charge in [0.25, 0.3) is 0 Å². The average molecular weight is 258 g/mol. The molecule has 0 amide bonds. The molecular formula is C18H14N2. The minimum atomic E-state index is 0.802. The van der Waals surface area contributed by atoms with Crippen LogP contribution in [0.1, 0.15) is 11.3 Å². The van der Waals surface area contributed by atoms with Gasteiger partial charge < -0.3 is 0 Å². The van der Waals surface area contributed by atoms with Crippen LogP contribution in [-0.2, 0) is 0 Å². The molecule has 0 bridgehead atoms. The highest BCUT2D eigenvalue weighted by Crippen LogP contribution is 2.16. The van der Waals surface area contributed by atoms with Crippen LogP contribution in [0, 0.1) is 0 Å². The molecule has 3 aromatic rings. The maximum Gasteiger partial charge on any atom is 0.0894 e. The highest BCUT2D eigenvalue weighted by atomic mass is 14.8. The summed E-state index contributed by atoms with van der Waals surface area (Å²) in [5.74, 6) is 0. The Morgan fingerprint density at radius 3 is 2.40 bits per heavy atom. The van der Waals surface area contributed by atoms with Crippen molar-refractivity contribution >= 4 is 22.7 Å². The number of hydrogen-bond acceptors (Lipinski definition) is 2. The predicted octanol–water partition coefficient (Wildman–Crippen LogP) is 4.36. The molecule has 0 atom stereocenters. The van der Waals surface area contributed by atoms with Crippen molar-refractivity contribution in [1.82, 2.24) is 9.97 Å². The van der Waals surface area contributed by atoms with E-state index >= 15 is 0 Å². The van der Waals surface area contributed by atoms with E-state index in [4.69, 9.17) is 0 Å². The third kappa shape index (κ3) is 2.64. The molecule has 0 aliphatic rings. The Morgan fingerprint density at radius 1 is 0.900 bits per heavy atom. The van der Waals surface area contributed by atoms with Crippen molar-refractivity contribution in [2.75, 3.05) is 0 Å². The number of nitrogens with zero attached hydrogens (tertiary/aromatic N) is 2. The molecule has 0 aliphatic carbocycles. The van der Waals surface area contributed by atoms with Gasteiger partial charge in [-0.3, -0.25) is 4.98 Å². The first-order valence-electron chi connectivity index (χ1n) is 6.47. The van der Waals surface area contributed by atoms with Gasteiger partial charge in [0.05, 0.1) is 22.9 Å². The summed E-state index contributed by atoms with van der Waals surface area (Å²) < 4.78 is 0. The SMILES string of the molecule is C=C(/C=C/c1ccccc1)c1cnc2ccccc2n1. The van der Waals surface area contributed by atoms with Gasteiger partial charge in [-0.05, 0) is 23.3 Å². The molecule has 0 unspecified atom stereocenters. The molecule has 0 N–H and O–H groups in total. The molecule has 0 saturated heterocycles. The summed E-state index contributed by atoms with van der Waals surface area (Å²) in [6.45, 7) is 4.06. The summed E-state index contributed by atoms with van der Waals surface area (Å²) in [5, 5.41) is 0. The van der Waals surface area contributed by atoms with Crippen LogP contribution >= 0.6 is 0 Å². The van der Waals surface area contributed by atoms with Gasteiger partial charge in [-0.1, -0.05) is 61.2 Å². The third-order valence-electron chi connectivity index (χ3n) is 3.05. The zero-order chi connectivity index (χ0) is 13.8. The second-order valence-corrected chi connectivity index (χ2v) is 4.51. The summed E-state index contributed by atoms with van der Waals surface area (Å²) in [6, 6.07) is 18.0. The van der Waals surface area contributed by atoms with Gasteiger partial charge in [0.15, 0.2) is 0 Å². The topological polar surface area (TPSA) is 25.8 Å². The monoisotopic (exact) mass is 258 g/mol. The van der Waals surface area contributed by atoms with Crippen molar-refractivity contribution in [2.45, 2.75) is 0 Å². The van der Waals surface area contributed by atoms with Crippen LogP contribution < -0.4 is 0 Å². The molecule has 0 saturated carbocycles. The molecule has 2 aromatic carbocycles. The summed E-state index contributed by atoms with van der Waals surface area (Å²) in [6.07, 6.45) is 5.76. The normalized spacial score (nSPS) is 11.0. The van der Waals surface area contributed by atoms with Crippen molar-refractivity contribution in [3.63, 3.8) is 0 Å². The third-order valence-corrected chi connectivity index (χ3v) is 3.05. The fourth-order valence-corrected chi connectivity index (χ4v) is 1.96.